The van der Waals surface area contributed by atoms with E-state index in [9.17, 15) is 0 Å². The molecule has 0 atom stereocenters. The highest BCUT2D eigenvalue weighted by atomic mass is 32.2. The zero-order chi connectivity index (χ0) is 10.7. The molecule has 0 bridgehead atoms. The Kier molecular flexibility index (Phi) is 3.48. The first-order valence-electron chi connectivity index (χ1n) is 4.50. The quantitative estimate of drug-likeness (QED) is 0.726. The summed E-state index contributed by atoms with van der Waals surface area (Å²) in [7, 11) is 0. The zero-order valence-corrected chi connectivity index (χ0v) is 10.0. The first-order valence-corrected chi connectivity index (χ1v) is 5.90. The normalized spacial score (nSPS) is 10.2. The van der Waals surface area contributed by atoms with Crippen molar-refractivity contribution in [3.8, 4) is 0 Å². The van der Waals surface area contributed by atoms with Gasteiger partial charge in [-0.3, -0.25) is 0 Å². The van der Waals surface area contributed by atoms with Crippen molar-refractivity contribution in [2.45, 2.75) is 9.92 Å². The third kappa shape index (κ3) is 2.85. The van der Waals surface area contributed by atoms with Crippen molar-refractivity contribution in [1.29, 1.82) is 0 Å². The van der Waals surface area contributed by atoms with Gasteiger partial charge in [-0.1, -0.05) is 36.0 Å². The number of nitrogens with zero attached hydrogens (tertiary/aromatic N) is 1. The lowest BCUT2D eigenvalue weighted by Gasteiger charge is -2.05. The van der Waals surface area contributed by atoms with Gasteiger partial charge in [-0.2, -0.15) is 0 Å². The molecular formula is C12H8AlNS. The Morgan fingerprint density at radius 3 is 2.60 bits per heavy atom. The topological polar surface area (TPSA) is 12.9 Å². The molecule has 1 aromatic carbocycles. The van der Waals surface area contributed by atoms with Crippen LogP contribution >= 0.6 is 11.8 Å². The Hall–Kier alpha value is -0.748. The van der Waals surface area contributed by atoms with Crippen molar-refractivity contribution >= 4 is 32.5 Å². The SMILES string of the molecule is [CH]c1cccc(Sc2cccc[c]2[Al])n1. The first-order chi connectivity index (χ1) is 7.25. The summed E-state index contributed by atoms with van der Waals surface area (Å²) in [4.78, 5) is 5.42. The summed E-state index contributed by atoms with van der Waals surface area (Å²) in [5.41, 5.74) is 0.557. The third-order valence-electron chi connectivity index (χ3n) is 1.88. The van der Waals surface area contributed by atoms with Crippen LogP contribution in [0.25, 0.3) is 0 Å². The molecule has 70 valence electrons. The molecule has 0 unspecified atom stereocenters. The van der Waals surface area contributed by atoms with Gasteiger partial charge in [-0.05, 0) is 23.1 Å². The second-order valence-corrected chi connectivity index (χ2v) is 4.72. The summed E-state index contributed by atoms with van der Waals surface area (Å²) in [6.07, 6.45) is 0. The van der Waals surface area contributed by atoms with Crippen molar-refractivity contribution in [1.82, 2.24) is 4.98 Å². The third-order valence-corrected chi connectivity index (χ3v) is 3.62. The fraction of sp³-hybridized carbons (Fsp3) is 0. The van der Waals surface area contributed by atoms with Crippen LogP contribution in [0.5, 0.6) is 0 Å². The number of rotatable bonds is 2. The molecule has 2 aromatic rings. The maximum absolute atomic E-state index is 5.62. The molecule has 1 aromatic heterocycles. The lowest BCUT2D eigenvalue weighted by Crippen LogP contribution is -2.04. The van der Waals surface area contributed by atoms with Gasteiger partial charge in [0.25, 0.3) is 0 Å². The van der Waals surface area contributed by atoms with Crippen molar-refractivity contribution in [2.75, 3.05) is 0 Å². The van der Waals surface area contributed by atoms with Gasteiger partial charge < -0.3 is 0 Å². The van der Waals surface area contributed by atoms with E-state index in [1.165, 1.54) is 9.32 Å². The van der Waals surface area contributed by atoms with E-state index < -0.39 is 0 Å². The van der Waals surface area contributed by atoms with Crippen LogP contribution in [0.4, 0.5) is 0 Å². The summed E-state index contributed by atoms with van der Waals surface area (Å²) >= 11 is 4.33. The smallest absolute Gasteiger partial charge is 0.177 e. The lowest BCUT2D eigenvalue weighted by atomic mass is 10.4. The maximum atomic E-state index is 5.62. The number of hydrogen-bond donors (Lipinski definition) is 0. The predicted octanol–water partition coefficient (Wildman–Crippen LogP) is 2.09. The molecule has 1 nitrogen and oxygen atoms in total. The molecule has 0 saturated heterocycles. The highest BCUT2D eigenvalue weighted by Gasteiger charge is 2.00. The fourth-order valence-corrected chi connectivity index (χ4v) is 2.41. The second-order valence-electron chi connectivity index (χ2n) is 3.04. The van der Waals surface area contributed by atoms with Crippen LogP contribution in [0.1, 0.15) is 5.69 Å². The van der Waals surface area contributed by atoms with E-state index in [1.54, 1.807) is 17.8 Å². The van der Waals surface area contributed by atoms with Gasteiger partial charge in [0.05, 0.1) is 0 Å². The Morgan fingerprint density at radius 1 is 1.07 bits per heavy atom. The van der Waals surface area contributed by atoms with E-state index in [2.05, 4.69) is 33.4 Å². The molecular weight excluding hydrogens is 217 g/mol. The van der Waals surface area contributed by atoms with E-state index in [0.717, 1.165) is 5.03 Å². The molecule has 0 aliphatic heterocycles. The minimum atomic E-state index is 0.557. The number of aromatic nitrogens is 1. The van der Waals surface area contributed by atoms with Gasteiger partial charge in [0, 0.05) is 12.6 Å². The molecule has 0 spiro atoms. The van der Waals surface area contributed by atoms with Gasteiger partial charge in [0.2, 0.25) is 0 Å². The molecule has 3 heteroatoms. The first kappa shape index (κ1) is 10.8. The van der Waals surface area contributed by atoms with Crippen LogP contribution in [-0.2, 0) is 0 Å². The number of benzene rings is 1. The highest BCUT2D eigenvalue weighted by Crippen LogP contribution is 2.23. The van der Waals surface area contributed by atoms with Crippen molar-refractivity contribution in [3.63, 3.8) is 0 Å². The minimum absolute atomic E-state index is 0.557. The molecule has 4 radical (unpaired) electrons. The standard InChI is InChI=1S/C12H8NS.Al/c1-10-6-5-9-12(13-10)14-11-7-3-2-4-8-11;/h1-7,9H;. The van der Waals surface area contributed by atoms with Crippen LogP contribution in [0.3, 0.4) is 0 Å². The van der Waals surface area contributed by atoms with E-state index in [4.69, 9.17) is 6.92 Å². The molecule has 15 heavy (non-hydrogen) atoms. The van der Waals surface area contributed by atoms with Crippen LogP contribution in [0.15, 0.2) is 52.4 Å². The second kappa shape index (κ2) is 4.85. The fourth-order valence-electron chi connectivity index (χ4n) is 1.17. The Bertz CT molecular complexity index is 471. The van der Waals surface area contributed by atoms with E-state index in [0.29, 0.717) is 5.69 Å². The van der Waals surface area contributed by atoms with Gasteiger partial charge in [0.15, 0.2) is 16.3 Å². The van der Waals surface area contributed by atoms with Gasteiger partial charge in [-0.25, -0.2) is 4.98 Å². The van der Waals surface area contributed by atoms with Crippen LogP contribution in [0, 0.1) is 6.92 Å². The van der Waals surface area contributed by atoms with E-state index in [-0.39, 0.29) is 0 Å². The van der Waals surface area contributed by atoms with Crippen molar-refractivity contribution in [3.05, 3.63) is 55.1 Å². The average molecular weight is 225 g/mol. The Labute approximate surface area is 102 Å². The summed E-state index contributed by atoms with van der Waals surface area (Å²) in [6.45, 7) is 5.62. The Balaban J connectivity index is 2.26. The van der Waals surface area contributed by atoms with Crippen molar-refractivity contribution < 1.29 is 0 Å². The Morgan fingerprint density at radius 2 is 1.87 bits per heavy atom. The molecule has 0 amide bonds. The van der Waals surface area contributed by atoms with Gasteiger partial charge >= 0.3 is 0 Å². The molecule has 1 heterocycles. The van der Waals surface area contributed by atoms with Crippen LogP contribution in [0.2, 0.25) is 0 Å². The van der Waals surface area contributed by atoms with Crippen molar-refractivity contribution in [2.24, 2.45) is 0 Å². The summed E-state index contributed by atoms with van der Waals surface area (Å²) in [5, 5.41) is 0.921. The highest BCUT2D eigenvalue weighted by molar-refractivity contribution is 7.99. The van der Waals surface area contributed by atoms with Gasteiger partial charge in [-0.15, -0.1) is 4.43 Å². The summed E-state index contributed by atoms with van der Waals surface area (Å²) in [6, 6.07) is 13.8. The molecule has 0 aliphatic carbocycles. The average Bonchev–Trinajstić information content (AvgIpc) is 2.22. The minimum Gasteiger partial charge on any atom is -0.246 e. The molecule has 0 saturated carbocycles. The summed E-state index contributed by atoms with van der Waals surface area (Å²) in [5.74, 6) is 0. The number of pyridine rings is 1. The molecule has 0 N–H and O–H groups in total. The van der Waals surface area contributed by atoms with E-state index >= 15 is 0 Å². The lowest BCUT2D eigenvalue weighted by molar-refractivity contribution is 1.10. The monoisotopic (exact) mass is 225 g/mol. The molecule has 0 aliphatic rings. The largest absolute Gasteiger partial charge is 0.246 e. The maximum Gasteiger partial charge on any atom is 0.177 e. The van der Waals surface area contributed by atoms with Gasteiger partial charge in [0.1, 0.15) is 5.03 Å². The van der Waals surface area contributed by atoms with Crippen LogP contribution < -0.4 is 4.43 Å². The molecule has 2 rings (SSSR count). The van der Waals surface area contributed by atoms with Crippen LogP contribution in [-0.4, -0.2) is 21.3 Å². The number of hydrogen-bond acceptors (Lipinski definition) is 2. The van der Waals surface area contributed by atoms with E-state index in [1.807, 2.05) is 24.3 Å². The molecule has 0 fully saturated rings. The zero-order valence-electron chi connectivity index (χ0n) is 8.05. The predicted molar refractivity (Wildman–Crippen MR) is 63.6 cm³/mol. The summed E-state index contributed by atoms with van der Waals surface area (Å²) < 4.78 is 1.17.